The van der Waals surface area contributed by atoms with E-state index in [-0.39, 0.29) is 24.4 Å². The lowest BCUT2D eigenvalue weighted by Gasteiger charge is -2.28. The fourth-order valence-electron chi connectivity index (χ4n) is 3.68. The molecule has 0 unspecified atom stereocenters. The number of nitrogens with zero attached hydrogens (tertiary/aromatic N) is 3. The molecule has 0 atom stereocenters. The van der Waals surface area contributed by atoms with Crippen LogP contribution in [0, 0.1) is 12.7 Å². The number of carbonyl (C=O) groups is 1. The molecular formula is C22H25FN4O2S. The fourth-order valence-corrected chi connectivity index (χ4v) is 4.78. The monoisotopic (exact) mass is 428 g/mol. The highest BCUT2D eigenvalue weighted by atomic mass is 32.2. The van der Waals surface area contributed by atoms with Crippen LogP contribution < -0.4 is 5.32 Å². The van der Waals surface area contributed by atoms with E-state index in [2.05, 4.69) is 14.6 Å². The zero-order valence-electron chi connectivity index (χ0n) is 17.1. The van der Waals surface area contributed by atoms with Crippen LogP contribution in [-0.4, -0.2) is 44.1 Å². The Morgan fingerprint density at radius 2 is 2.10 bits per heavy atom. The van der Waals surface area contributed by atoms with Crippen molar-refractivity contribution in [1.29, 1.82) is 0 Å². The summed E-state index contributed by atoms with van der Waals surface area (Å²) in [5.41, 5.74) is 2.66. The molecule has 3 heterocycles. The van der Waals surface area contributed by atoms with E-state index in [1.807, 2.05) is 30.7 Å². The summed E-state index contributed by atoms with van der Waals surface area (Å²) in [6, 6.07) is 8.47. The molecule has 0 radical (unpaired) electrons. The predicted molar refractivity (Wildman–Crippen MR) is 116 cm³/mol. The second-order valence-electron chi connectivity index (χ2n) is 7.57. The summed E-state index contributed by atoms with van der Waals surface area (Å²) in [6.07, 6.45) is 2.97. The Morgan fingerprint density at radius 1 is 1.33 bits per heavy atom. The van der Waals surface area contributed by atoms with Gasteiger partial charge in [0.25, 0.3) is 5.91 Å². The van der Waals surface area contributed by atoms with Crippen molar-refractivity contribution in [2.75, 3.05) is 13.1 Å². The van der Waals surface area contributed by atoms with Gasteiger partial charge in [0.2, 0.25) is 0 Å². The van der Waals surface area contributed by atoms with Gasteiger partial charge in [-0.25, -0.2) is 8.70 Å². The summed E-state index contributed by atoms with van der Waals surface area (Å²) in [7, 11) is 1.86. The standard InChI is InChI=1S/C22H25FN4O2S/c1-14-21(30-27-10-7-15(28)8-11-27)12-20(26(14)2)22(29)25-13-17-16-4-3-9-24-19(16)6-5-18(17)23/h3-6,9,12,15,28H,7-8,10-11,13H2,1-2H3,(H,25,29). The summed E-state index contributed by atoms with van der Waals surface area (Å²) < 4.78 is 18.5. The lowest BCUT2D eigenvalue weighted by Crippen LogP contribution is -2.31. The molecular weight excluding hydrogens is 403 g/mol. The number of carbonyl (C=O) groups excluding carboxylic acids is 1. The average molecular weight is 429 g/mol. The Labute approximate surface area is 179 Å². The largest absolute Gasteiger partial charge is 0.393 e. The number of aliphatic hydroxyl groups excluding tert-OH is 1. The number of pyridine rings is 1. The number of fused-ring (bicyclic) bond motifs is 1. The lowest BCUT2D eigenvalue weighted by molar-refractivity contribution is 0.0942. The second-order valence-corrected chi connectivity index (χ2v) is 8.71. The number of hydrogen-bond acceptors (Lipinski definition) is 5. The van der Waals surface area contributed by atoms with Gasteiger partial charge in [-0.1, -0.05) is 6.07 Å². The van der Waals surface area contributed by atoms with Crippen molar-refractivity contribution in [3.8, 4) is 0 Å². The summed E-state index contributed by atoms with van der Waals surface area (Å²) in [6.45, 7) is 3.70. The highest BCUT2D eigenvalue weighted by Gasteiger charge is 2.22. The van der Waals surface area contributed by atoms with Gasteiger partial charge in [0.05, 0.1) is 11.6 Å². The molecule has 1 aromatic carbocycles. The third-order valence-electron chi connectivity index (χ3n) is 5.64. The summed E-state index contributed by atoms with van der Waals surface area (Å²) in [4.78, 5) is 18.1. The van der Waals surface area contributed by atoms with Crippen LogP contribution in [0.1, 0.15) is 34.6 Å². The third-order valence-corrected chi connectivity index (χ3v) is 6.87. The molecule has 2 N–H and O–H groups in total. The Hall–Kier alpha value is -2.42. The molecule has 2 aromatic heterocycles. The van der Waals surface area contributed by atoms with Crippen LogP contribution in [-0.2, 0) is 13.6 Å². The van der Waals surface area contributed by atoms with Gasteiger partial charge in [0.1, 0.15) is 11.5 Å². The number of benzene rings is 1. The van der Waals surface area contributed by atoms with E-state index in [1.165, 1.54) is 6.07 Å². The molecule has 1 amide bonds. The maximum Gasteiger partial charge on any atom is 0.268 e. The Kier molecular flexibility index (Phi) is 6.08. The molecule has 1 saturated heterocycles. The minimum Gasteiger partial charge on any atom is -0.393 e. The summed E-state index contributed by atoms with van der Waals surface area (Å²) in [5, 5.41) is 13.2. The molecule has 6 nitrogen and oxygen atoms in total. The molecule has 158 valence electrons. The van der Waals surface area contributed by atoms with E-state index in [1.54, 1.807) is 30.3 Å². The van der Waals surface area contributed by atoms with Gasteiger partial charge in [-0.2, -0.15) is 0 Å². The molecule has 1 aliphatic rings. The van der Waals surface area contributed by atoms with Crippen molar-refractivity contribution in [2.24, 2.45) is 7.05 Å². The third kappa shape index (κ3) is 4.21. The highest BCUT2D eigenvalue weighted by molar-refractivity contribution is 7.97. The van der Waals surface area contributed by atoms with Crippen molar-refractivity contribution in [1.82, 2.24) is 19.2 Å². The van der Waals surface area contributed by atoms with Gasteiger partial charge >= 0.3 is 0 Å². The summed E-state index contributed by atoms with van der Waals surface area (Å²) >= 11 is 1.62. The minimum absolute atomic E-state index is 0.0877. The zero-order chi connectivity index (χ0) is 21.3. The molecule has 8 heteroatoms. The van der Waals surface area contributed by atoms with E-state index >= 15 is 0 Å². The first-order valence-electron chi connectivity index (χ1n) is 10.0. The van der Waals surface area contributed by atoms with Crippen LogP contribution >= 0.6 is 11.9 Å². The van der Waals surface area contributed by atoms with Gasteiger partial charge < -0.3 is 15.0 Å². The molecule has 3 aromatic rings. The number of piperidine rings is 1. The lowest BCUT2D eigenvalue weighted by atomic mass is 10.1. The summed E-state index contributed by atoms with van der Waals surface area (Å²) in [5.74, 6) is -0.607. The molecule has 1 fully saturated rings. The minimum atomic E-state index is -0.359. The van der Waals surface area contributed by atoms with E-state index in [0.717, 1.165) is 36.5 Å². The van der Waals surface area contributed by atoms with Gasteiger partial charge in [0.15, 0.2) is 0 Å². The number of halogens is 1. The highest BCUT2D eigenvalue weighted by Crippen LogP contribution is 2.31. The first kappa shape index (κ1) is 20.8. The maximum absolute atomic E-state index is 14.4. The molecule has 0 bridgehead atoms. The van der Waals surface area contributed by atoms with Crippen molar-refractivity contribution in [3.05, 3.63) is 59.3 Å². The molecule has 0 saturated carbocycles. The van der Waals surface area contributed by atoms with Crippen molar-refractivity contribution >= 4 is 28.8 Å². The van der Waals surface area contributed by atoms with E-state index in [0.29, 0.717) is 22.2 Å². The number of aromatic nitrogens is 2. The smallest absolute Gasteiger partial charge is 0.268 e. The van der Waals surface area contributed by atoms with Crippen LogP contribution in [0.2, 0.25) is 0 Å². The second kappa shape index (κ2) is 8.75. The molecule has 0 aliphatic carbocycles. The Morgan fingerprint density at radius 3 is 2.87 bits per heavy atom. The van der Waals surface area contributed by atoms with Gasteiger partial charge in [0, 0.05) is 54.4 Å². The normalized spacial score (nSPS) is 15.6. The first-order chi connectivity index (χ1) is 14.4. The topological polar surface area (TPSA) is 70.4 Å². The zero-order valence-corrected chi connectivity index (χ0v) is 17.9. The van der Waals surface area contributed by atoms with Crippen molar-refractivity contribution in [2.45, 2.75) is 37.3 Å². The van der Waals surface area contributed by atoms with Crippen LogP contribution in [0.4, 0.5) is 4.39 Å². The van der Waals surface area contributed by atoms with Crippen molar-refractivity contribution < 1.29 is 14.3 Å². The number of rotatable bonds is 5. The SMILES string of the molecule is Cc1c(SN2CCC(O)CC2)cc(C(=O)NCc2c(F)ccc3ncccc23)n1C. The average Bonchev–Trinajstić information content (AvgIpc) is 3.03. The van der Waals surface area contributed by atoms with E-state index in [4.69, 9.17) is 0 Å². The van der Waals surface area contributed by atoms with Crippen LogP contribution in [0.15, 0.2) is 41.4 Å². The van der Waals surface area contributed by atoms with Crippen molar-refractivity contribution in [3.63, 3.8) is 0 Å². The molecule has 30 heavy (non-hydrogen) atoms. The molecule has 4 rings (SSSR count). The molecule has 0 spiro atoms. The van der Waals surface area contributed by atoms with E-state index in [9.17, 15) is 14.3 Å². The number of amides is 1. The first-order valence-corrected chi connectivity index (χ1v) is 10.8. The van der Waals surface area contributed by atoms with Gasteiger partial charge in [-0.15, -0.1) is 0 Å². The van der Waals surface area contributed by atoms with Gasteiger partial charge in [-0.05, 0) is 56.0 Å². The fraction of sp³-hybridized carbons (Fsp3) is 0.364. The number of aliphatic hydroxyl groups is 1. The Balaban J connectivity index is 1.49. The number of nitrogens with one attached hydrogen (secondary N) is 1. The maximum atomic E-state index is 14.4. The van der Waals surface area contributed by atoms with Crippen LogP contribution in [0.5, 0.6) is 0 Å². The van der Waals surface area contributed by atoms with E-state index < -0.39 is 0 Å². The number of hydrogen-bond donors (Lipinski definition) is 2. The molecule has 1 aliphatic heterocycles. The van der Waals surface area contributed by atoms with Gasteiger partial charge in [-0.3, -0.25) is 9.78 Å². The van der Waals surface area contributed by atoms with Crippen LogP contribution in [0.25, 0.3) is 10.9 Å². The predicted octanol–water partition coefficient (Wildman–Crippen LogP) is 3.41. The Bertz CT molecular complexity index is 1080. The quantitative estimate of drug-likeness (QED) is 0.610. The van der Waals surface area contributed by atoms with Crippen LogP contribution in [0.3, 0.4) is 0 Å².